The van der Waals surface area contributed by atoms with E-state index in [1.165, 1.54) is 6.07 Å². The molecule has 0 saturated carbocycles. The standard InChI is InChI=1S/C12H10FNOS/c13-9-4-2-1-3-8(9)11-5-14-10-6-16-7-12(10)15-11/h1-4,6-7,11,14H,5H2. The summed E-state index contributed by atoms with van der Waals surface area (Å²) in [6.45, 7) is 0.602. The molecule has 0 fully saturated rings. The third-order valence-corrected chi connectivity index (χ3v) is 3.35. The maximum atomic E-state index is 13.6. The van der Waals surface area contributed by atoms with Gasteiger partial charge in [-0.05, 0) is 6.07 Å². The third kappa shape index (κ3) is 1.55. The number of anilines is 1. The van der Waals surface area contributed by atoms with E-state index in [4.69, 9.17) is 4.74 Å². The molecule has 16 heavy (non-hydrogen) atoms. The van der Waals surface area contributed by atoms with E-state index in [2.05, 4.69) is 5.32 Å². The first-order valence-corrected chi connectivity index (χ1v) is 6.00. The number of benzene rings is 1. The van der Waals surface area contributed by atoms with Gasteiger partial charge in [0, 0.05) is 16.3 Å². The zero-order chi connectivity index (χ0) is 11.0. The molecule has 0 bridgehead atoms. The van der Waals surface area contributed by atoms with Crippen LogP contribution in [0.1, 0.15) is 11.7 Å². The highest BCUT2D eigenvalue weighted by Gasteiger charge is 2.23. The molecule has 2 aromatic rings. The fraction of sp³-hybridized carbons (Fsp3) is 0.167. The first-order chi connectivity index (χ1) is 7.84. The van der Waals surface area contributed by atoms with Crippen LogP contribution in [0, 0.1) is 5.82 Å². The maximum Gasteiger partial charge on any atom is 0.154 e. The van der Waals surface area contributed by atoms with E-state index in [1.807, 2.05) is 16.8 Å². The number of fused-ring (bicyclic) bond motifs is 1. The van der Waals surface area contributed by atoms with E-state index in [0.29, 0.717) is 12.1 Å². The van der Waals surface area contributed by atoms with Crippen LogP contribution in [-0.2, 0) is 0 Å². The average molecular weight is 235 g/mol. The van der Waals surface area contributed by atoms with Gasteiger partial charge in [0.2, 0.25) is 0 Å². The SMILES string of the molecule is Fc1ccccc1C1CNc2cscc2O1. The van der Waals surface area contributed by atoms with Crippen LogP contribution in [0.15, 0.2) is 35.0 Å². The Hall–Kier alpha value is -1.55. The normalized spacial score (nSPS) is 18.4. The van der Waals surface area contributed by atoms with Gasteiger partial charge in [0.25, 0.3) is 0 Å². The molecule has 0 radical (unpaired) electrons. The molecule has 1 aromatic carbocycles. The van der Waals surface area contributed by atoms with E-state index >= 15 is 0 Å². The van der Waals surface area contributed by atoms with Crippen molar-refractivity contribution in [2.24, 2.45) is 0 Å². The number of hydrogen-bond acceptors (Lipinski definition) is 3. The summed E-state index contributed by atoms with van der Waals surface area (Å²) in [5.41, 5.74) is 1.60. The molecule has 3 rings (SSSR count). The van der Waals surface area contributed by atoms with E-state index in [0.717, 1.165) is 11.4 Å². The summed E-state index contributed by atoms with van der Waals surface area (Å²) in [5, 5.41) is 7.16. The second-order valence-corrected chi connectivity index (χ2v) is 4.40. The highest BCUT2D eigenvalue weighted by Crippen LogP contribution is 2.37. The maximum absolute atomic E-state index is 13.6. The van der Waals surface area contributed by atoms with E-state index in [1.54, 1.807) is 23.5 Å². The Morgan fingerprint density at radius 3 is 3.06 bits per heavy atom. The predicted octanol–water partition coefficient (Wildman–Crippen LogP) is 3.43. The zero-order valence-electron chi connectivity index (χ0n) is 8.44. The van der Waals surface area contributed by atoms with Crippen LogP contribution in [0.5, 0.6) is 5.75 Å². The third-order valence-electron chi connectivity index (χ3n) is 2.63. The molecule has 1 unspecified atom stereocenters. The van der Waals surface area contributed by atoms with Crippen LogP contribution >= 0.6 is 11.3 Å². The van der Waals surface area contributed by atoms with Gasteiger partial charge in [0.1, 0.15) is 11.9 Å². The molecule has 4 heteroatoms. The number of hydrogen-bond donors (Lipinski definition) is 1. The lowest BCUT2D eigenvalue weighted by Gasteiger charge is -2.25. The molecule has 0 saturated heterocycles. The summed E-state index contributed by atoms with van der Waals surface area (Å²) in [6, 6.07) is 6.73. The van der Waals surface area contributed by atoms with Gasteiger partial charge >= 0.3 is 0 Å². The minimum Gasteiger partial charge on any atom is -0.481 e. The van der Waals surface area contributed by atoms with Crippen molar-refractivity contribution in [1.29, 1.82) is 0 Å². The quantitative estimate of drug-likeness (QED) is 0.817. The number of rotatable bonds is 1. The number of ether oxygens (including phenoxy) is 1. The van der Waals surface area contributed by atoms with E-state index in [-0.39, 0.29) is 11.9 Å². The molecule has 1 aliphatic rings. The van der Waals surface area contributed by atoms with Crippen LogP contribution in [0.25, 0.3) is 0 Å². The van der Waals surface area contributed by atoms with Crippen molar-refractivity contribution < 1.29 is 9.13 Å². The van der Waals surface area contributed by atoms with Crippen molar-refractivity contribution in [3.05, 3.63) is 46.4 Å². The summed E-state index contributed by atoms with van der Waals surface area (Å²) >= 11 is 1.58. The largest absolute Gasteiger partial charge is 0.481 e. The van der Waals surface area contributed by atoms with Gasteiger partial charge in [0.15, 0.2) is 5.75 Å². The molecule has 1 N–H and O–H groups in total. The highest BCUT2D eigenvalue weighted by molar-refractivity contribution is 7.08. The molecule has 1 aliphatic heterocycles. The number of nitrogens with one attached hydrogen (secondary N) is 1. The Kier molecular flexibility index (Phi) is 2.29. The van der Waals surface area contributed by atoms with Gasteiger partial charge in [-0.15, -0.1) is 11.3 Å². The lowest BCUT2D eigenvalue weighted by molar-refractivity contribution is 0.206. The van der Waals surface area contributed by atoms with Crippen molar-refractivity contribution in [2.75, 3.05) is 11.9 Å². The molecule has 82 valence electrons. The van der Waals surface area contributed by atoms with Crippen molar-refractivity contribution in [2.45, 2.75) is 6.10 Å². The van der Waals surface area contributed by atoms with Crippen LogP contribution in [0.2, 0.25) is 0 Å². The first kappa shape index (κ1) is 9.66. The molecule has 0 amide bonds. The smallest absolute Gasteiger partial charge is 0.154 e. The lowest BCUT2D eigenvalue weighted by Crippen LogP contribution is -2.23. The summed E-state index contributed by atoms with van der Waals surface area (Å²) in [7, 11) is 0. The number of thiophene rings is 1. The summed E-state index contributed by atoms with van der Waals surface area (Å²) < 4.78 is 19.3. The Morgan fingerprint density at radius 2 is 2.19 bits per heavy atom. The number of halogens is 1. The van der Waals surface area contributed by atoms with Crippen LogP contribution in [0.3, 0.4) is 0 Å². The fourth-order valence-corrected chi connectivity index (χ4v) is 2.52. The average Bonchev–Trinajstić information content (AvgIpc) is 2.76. The first-order valence-electron chi connectivity index (χ1n) is 5.06. The van der Waals surface area contributed by atoms with Gasteiger partial charge in [-0.25, -0.2) is 4.39 Å². The van der Waals surface area contributed by atoms with E-state index in [9.17, 15) is 4.39 Å². The fourth-order valence-electron chi connectivity index (χ4n) is 1.81. The van der Waals surface area contributed by atoms with Crippen LogP contribution < -0.4 is 10.1 Å². The molecule has 0 spiro atoms. The molecule has 2 nitrogen and oxygen atoms in total. The minimum atomic E-state index is -0.247. The predicted molar refractivity (Wildman–Crippen MR) is 62.6 cm³/mol. The molecule has 1 aromatic heterocycles. The summed E-state index contributed by atoms with van der Waals surface area (Å²) in [5.74, 6) is 0.595. The van der Waals surface area contributed by atoms with Gasteiger partial charge in [0.05, 0.1) is 12.2 Å². The van der Waals surface area contributed by atoms with Crippen molar-refractivity contribution in [3.63, 3.8) is 0 Å². The lowest BCUT2D eigenvalue weighted by atomic mass is 10.1. The minimum absolute atomic E-state index is 0.215. The monoisotopic (exact) mass is 235 g/mol. The van der Waals surface area contributed by atoms with Crippen LogP contribution in [-0.4, -0.2) is 6.54 Å². The Labute approximate surface area is 96.7 Å². The van der Waals surface area contributed by atoms with Gasteiger partial charge in [-0.3, -0.25) is 0 Å². The van der Waals surface area contributed by atoms with Gasteiger partial charge in [-0.1, -0.05) is 18.2 Å². The zero-order valence-corrected chi connectivity index (χ0v) is 9.26. The summed E-state index contributed by atoms with van der Waals surface area (Å²) in [4.78, 5) is 0. The van der Waals surface area contributed by atoms with Gasteiger partial charge < -0.3 is 10.1 Å². The molecular weight excluding hydrogens is 225 g/mol. The Bertz CT molecular complexity index is 511. The summed E-state index contributed by atoms with van der Waals surface area (Å²) in [6.07, 6.45) is -0.247. The van der Waals surface area contributed by atoms with Crippen molar-refractivity contribution in [3.8, 4) is 5.75 Å². The second-order valence-electron chi connectivity index (χ2n) is 3.66. The molecule has 0 aliphatic carbocycles. The van der Waals surface area contributed by atoms with E-state index < -0.39 is 0 Å². The highest BCUT2D eigenvalue weighted by atomic mass is 32.1. The second kappa shape index (κ2) is 3.79. The van der Waals surface area contributed by atoms with Crippen molar-refractivity contribution >= 4 is 17.0 Å². The molecular formula is C12H10FNOS. The van der Waals surface area contributed by atoms with Crippen LogP contribution in [0.4, 0.5) is 10.1 Å². The van der Waals surface area contributed by atoms with Gasteiger partial charge in [-0.2, -0.15) is 0 Å². The molecule has 1 atom stereocenters. The Morgan fingerprint density at radius 1 is 1.31 bits per heavy atom. The Balaban J connectivity index is 1.92. The molecule has 2 heterocycles. The topological polar surface area (TPSA) is 21.3 Å². The van der Waals surface area contributed by atoms with Crippen molar-refractivity contribution in [1.82, 2.24) is 0 Å².